The van der Waals surface area contributed by atoms with Gasteiger partial charge in [0.25, 0.3) is 5.56 Å². The largest absolute Gasteiger partial charge is 0.478 e. The molecule has 0 unspecified atom stereocenters. The highest BCUT2D eigenvalue weighted by Crippen LogP contribution is 2.27. The topological polar surface area (TPSA) is 166 Å². The van der Waals surface area contributed by atoms with Gasteiger partial charge in [0.05, 0.1) is 24.0 Å². The number of hydrogen-bond donors (Lipinski definition) is 5. The van der Waals surface area contributed by atoms with E-state index in [4.69, 9.17) is 21.4 Å². The molecule has 1 saturated heterocycles. The molecule has 5 N–H and O–H groups in total. The normalized spacial score (nSPS) is 21.2. The monoisotopic (exact) mass is 532 g/mol. The predicted molar refractivity (Wildman–Crippen MR) is 136 cm³/mol. The minimum atomic E-state index is -1.06. The fourth-order valence-corrected chi connectivity index (χ4v) is 4.85. The van der Waals surface area contributed by atoms with Crippen molar-refractivity contribution in [3.8, 4) is 0 Å². The number of carboxylic acids is 1. The van der Waals surface area contributed by atoms with Crippen molar-refractivity contribution in [1.29, 1.82) is 0 Å². The zero-order valence-corrected chi connectivity index (χ0v) is 20.8. The molecule has 2 fully saturated rings. The van der Waals surface area contributed by atoms with E-state index >= 15 is 0 Å². The second-order valence-corrected chi connectivity index (χ2v) is 9.62. The van der Waals surface area contributed by atoms with Crippen LogP contribution >= 0.6 is 11.6 Å². The minimum absolute atomic E-state index is 0.000155. The summed E-state index contributed by atoms with van der Waals surface area (Å²) in [4.78, 5) is 49.2. The van der Waals surface area contributed by atoms with Crippen LogP contribution in [-0.2, 0) is 4.74 Å². The van der Waals surface area contributed by atoms with Gasteiger partial charge in [-0.25, -0.2) is 19.5 Å². The molecule has 0 spiro atoms. The maximum Gasteiger partial charge on any atom is 0.407 e. The second-order valence-electron chi connectivity index (χ2n) is 9.24. The Labute approximate surface area is 217 Å². The highest BCUT2D eigenvalue weighted by atomic mass is 35.5. The number of anilines is 2. The van der Waals surface area contributed by atoms with Crippen LogP contribution in [-0.4, -0.2) is 65.2 Å². The first-order valence-electron chi connectivity index (χ1n) is 12.1. The number of benzene rings is 1. The van der Waals surface area contributed by atoms with Crippen LogP contribution in [0.25, 0.3) is 0 Å². The van der Waals surface area contributed by atoms with Crippen molar-refractivity contribution in [2.45, 2.75) is 44.2 Å². The summed E-state index contributed by atoms with van der Waals surface area (Å²) in [6.45, 7) is 1.51. The van der Waals surface area contributed by atoms with Gasteiger partial charge in [0.2, 0.25) is 0 Å². The molecule has 1 aromatic heterocycles. The van der Waals surface area contributed by atoms with Gasteiger partial charge in [-0.05, 0) is 49.8 Å². The van der Waals surface area contributed by atoms with Crippen molar-refractivity contribution in [2.75, 3.05) is 29.9 Å². The van der Waals surface area contributed by atoms with Crippen molar-refractivity contribution in [2.24, 2.45) is 5.92 Å². The number of ether oxygens (including phenoxy) is 1. The van der Waals surface area contributed by atoms with E-state index in [-0.39, 0.29) is 28.6 Å². The molecule has 1 aromatic carbocycles. The molecular formula is C24H29ClN6O6. The summed E-state index contributed by atoms with van der Waals surface area (Å²) in [5.74, 6) is -0.781. The number of urea groups is 1. The van der Waals surface area contributed by atoms with Crippen LogP contribution in [0.1, 0.15) is 42.5 Å². The molecule has 198 valence electrons. The third-order valence-corrected chi connectivity index (χ3v) is 6.99. The fourth-order valence-electron chi connectivity index (χ4n) is 4.64. The Kier molecular flexibility index (Phi) is 8.49. The molecule has 3 amide bonds. The van der Waals surface area contributed by atoms with E-state index in [0.717, 1.165) is 25.7 Å². The van der Waals surface area contributed by atoms with Gasteiger partial charge in [0.15, 0.2) is 0 Å². The number of nitrogens with zero attached hydrogens (tertiary/aromatic N) is 2. The molecule has 37 heavy (non-hydrogen) atoms. The van der Waals surface area contributed by atoms with Crippen molar-refractivity contribution in [1.82, 2.24) is 20.8 Å². The number of carbonyl (C=O) groups excluding carboxylic acids is 2. The van der Waals surface area contributed by atoms with Crippen LogP contribution in [0.15, 0.2) is 35.3 Å². The standard InChI is InChI=1S/C24H29ClN6O6/c25-20-19(12-27-30-21(20)32)31-9-8-18(13-31)37-24(36)29-16-6-4-14(5-7-16)11-26-23(35)28-17-3-1-2-15(10-17)22(33)34/h1-3,10,12,14,16,18H,4-9,11,13H2,(H,29,36)(H,30,32)(H,33,34)(H2,26,28,35)/t14?,16?,18-/m1/s1. The number of rotatable bonds is 7. The molecule has 1 aliphatic carbocycles. The lowest BCUT2D eigenvalue weighted by Crippen LogP contribution is -2.41. The molecule has 0 bridgehead atoms. The predicted octanol–water partition coefficient (Wildman–Crippen LogP) is 2.81. The van der Waals surface area contributed by atoms with Crippen molar-refractivity contribution >= 4 is 41.1 Å². The van der Waals surface area contributed by atoms with Crippen LogP contribution in [0.5, 0.6) is 0 Å². The number of H-pyrrole nitrogens is 1. The minimum Gasteiger partial charge on any atom is -0.478 e. The van der Waals surface area contributed by atoms with Crippen LogP contribution in [0.4, 0.5) is 21.0 Å². The van der Waals surface area contributed by atoms with E-state index in [1.165, 1.54) is 18.3 Å². The van der Waals surface area contributed by atoms with Crippen molar-refractivity contribution in [3.05, 3.63) is 51.4 Å². The van der Waals surface area contributed by atoms with Gasteiger partial charge < -0.3 is 30.7 Å². The summed E-state index contributed by atoms with van der Waals surface area (Å²) in [5, 5.41) is 23.6. The van der Waals surface area contributed by atoms with E-state index in [9.17, 15) is 19.2 Å². The fraction of sp³-hybridized carbons (Fsp3) is 0.458. The Morgan fingerprint density at radius 2 is 1.97 bits per heavy atom. The van der Waals surface area contributed by atoms with Crippen molar-refractivity contribution < 1.29 is 24.2 Å². The summed E-state index contributed by atoms with van der Waals surface area (Å²) in [5.41, 5.74) is 0.567. The number of aromatic carboxylic acids is 1. The molecule has 12 nitrogen and oxygen atoms in total. The van der Waals surface area contributed by atoms with Gasteiger partial charge >= 0.3 is 18.1 Å². The average Bonchev–Trinajstić information content (AvgIpc) is 3.33. The zero-order valence-electron chi connectivity index (χ0n) is 20.0. The summed E-state index contributed by atoms with van der Waals surface area (Å²) in [6, 6.07) is 5.66. The highest BCUT2D eigenvalue weighted by molar-refractivity contribution is 6.33. The van der Waals surface area contributed by atoms with Gasteiger partial charge in [0, 0.05) is 31.2 Å². The first-order valence-corrected chi connectivity index (χ1v) is 12.5. The molecule has 13 heteroatoms. The van der Waals surface area contributed by atoms with Gasteiger partial charge in [-0.15, -0.1) is 0 Å². The van der Waals surface area contributed by atoms with Gasteiger partial charge in [0.1, 0.15) is 11.1 Å². The molecule has 2 aliphatic rings. The third kappa shape index (κ3) is 7.13. The Bertz CT molecular complexity index is 1200. The summed E-state index contributed by atoms with van der Waals surface area (Å²) in [6.07, 6.45) is 4.55. The Morgan fingerprint density at radius 3 is 2.73 bits per heavy atom. The number of halogens is 1. The van der Waals surface area contributed by atoms with E-state index < -0.39 is 23.7 Å². The number of amides is 3. The average molecular weight is 533 g/mol. The molecule has 1 atom stereocenters. The smallest absolute Gasteiger partial charge is 0.407 e. The van der Waals surface area contributed by atoms with E-state index in [1.807, 2.05) is 4.90 Å². The number of carbonyl (C=O) groups is 3. The molecule has 2 aromatic rings. The van der Waals surface area contributed by atoms with Gasteiger partial charge in [-0.2, -0.15) is 5.10 Å². The molecule has 0 radical (unpaired) electrons. The van der Waals surface area contributed by atoms with Crippen LogP contribution in [0.2, 0.25) is 5.02 Å². The van der Waals surface area contributed by atoms with E-state index in [0.29, 0.717) is 37.4 Å². The van der Waals surface area contributed by atoms with Crippen LogP contribution in [0.3, 0.4) is 0 Å². The van der Waals surface area contributed by atoms with Crippen molar-refractivity contribution in [3.63, 3.8) is 0 Å². The van der Waals surface area contributed by atoms with Gasteiger partial charge in [-0.3, -0.25) is 4.79 Å². The lowest BCUT2D eigenvalue weighted by atomic mass is 9.86. The molecular weight excluding hydrogens is 504 g/mol. The van der Waals surface area contributed by atoms with Gasteiger partial charge in [-0.1, -0.05) is 17.7 Å². The molecule has 1 saturated carbocycles. The van der Waals surface area contributed by atoms with Crippen LogP contribution < -0.4 is 26.4 Å². The Morgan fingerprint density at radius 1 is 1.19 bits per heavy atom. The van der Waals surface area contributed by atoms with E-state index in [2.05, 4.69) is 26.1 Å². The number of carboxylic acid groups (broad SMARTS) is 1. The molecule has 1 aliphatic heterocycles. The number of hydrogen-bond acceptors (Lipinski definition) is 7. The lowest BCUT2D eigenvalue weighted by molar-refractivity contribution is 0.0696. The number of alkyl carbamates (subject to hydrolysis) is 1. The molecule has 2 heterocycles. The SMILES string of the molecule is O=C(NCC1CCC(NC(=O)O[C@@H]2CCN(c3cn[nH]c(=O)c3Cl)C2)CC1)Nc1cccc(C(=O)O)c1. The lowest BCUT2D eigenvalue weighted by Gasteiger charge is -2.29. The molecule has 4 rings (SSSR count). The maximum absolute atomic E-state index is 12.4. The quantitative estimate of drug-likeness (QED) is 0.363. The Balaban J connectivity index is 1.14. The summed E-state index contributed by atoms with van der Waals surface area (Å²) in [7, 11) is 0. The summed E-state index contributed by atoms with van der Waals surface area (Å²) >= 11 is 6.07. The number of nitrogens with one attached hydrogen (secondary N) is 4. The Hall–Kier alpha value is -3.80. The van der Waals surface area contributed by atoms with Crippen LogP contribution in [0, 0.1) is 5.92 Å². The van der Waals surface area contributed by atoms with E-state index in [1.54, 1.807) is 12.1 Å². The summed E-state index contributed by atoms with van der Waals surface area (Å²) < 4.78 is 5.58. The number of aromatic amines is 1. The first-order chi connectivity index (χ1) is 17.8. The maximum atomic E-state index is 12.4. The third-order valence-electron chi connectivity index (χ3n) is 6.62. The first kappa shape index (κ1) is 26.3. The zero-order chi connectivity index (χ0) is 26.4. The second kappa shape index (κ2) is 12.0. The highest BCUT2D eigenvalue weighted by Gasteiger charge is 2.29. The number of aromatic nitrogens is 2.